The molecule has 0 fully saturated rings. The number of fused-ring (bicyclic) bond motifs is 2. The second kappa shape index (κ2) is 17.8. The van der Waals surface area contributed by atoms with Crippen LogP contribution >= 0.6 is 0 Å². The first-order valence-electron chi connectivity index (χ1n) is 19.3. The van der Waals surface area contributed by atoms with Crippen LogP contribution in [-0.4, -0.2) is 29.1 Å². The van der Waals surface area contributed by atoms with Crippen LogP contribution in [0.15, 0.2) is 134 Å². The first-order valence-corrected chi connectivity index (χ1v) is 19.3. The van der Waals surface area contributed by atoms with Gasteiger partial charge in [0.15, 0.2) is 0 Å². The zero-order chi connectivity index (χ0) is 40.7. The van der Waals surface area contributed by atoms with Crippen molar-refractivity contribution in [2.45, 2.75) is 27.7 Å². The van der Waals surface area contributed by atoms with E-state index < -0.39 is 0 Å². The van der Waals surface area contributed by atoms with Crippen molar-refractivity contribution in [1.82, 2.24) is 29.1 Å². The van der Waals surface area contributed by atoms with Crippen LogP contribution in [0.3, 0.4) is 0 Å². The molecule has 0 saturated heterocycles. The predicted octanol–water partition coefficient (Wildman–Crippen LogP) is 8.99. The van der Waals surface area contributed by atoms with Crippen molar-refractivity contribution in [1.29, 1.82) is 0 Å². The summed E-state index contributed by atoms with van der Waals surface area (Å²) in [4.78, 5) is 18.2. The molecule has 0 saturated carbocycles. The molecule has 0 atom stereocenters. The maximum atomic E-state index is 6.31. The first kappa shape index (κ1) is 42.1. The van der Waals surface area contributed by atoms with Gasteiger partial charge in [-0.3, -0.25) is 19.1 Å². The summed E-state index contributed by atoms with van der Waals surface area (Å²) >= 11 is 0. The number of nitrogens with zero attached hydrogens (tertiary/aromatic N) is 8. The minimum absolute atomic E-state index is 0. The average molecular weight is 1170 g/mol. The molecule has 10 aromatic rings. The first-order chi connectivity index (χ1) is 29.3. The Morgan fingerprint density at radius 1 is 0.452 bits per heavy atom. The molecule has 6 heterocycles. The van der Waals surface area contributed by atoms with Crippen LogP contribution in [-0.2, 0) is 42.1 Å². The van der Waals surface area contributed by atoms with Gasteiger partial charge in [-0.15, -0.1) is 47.8 Å². The van der Waals surface area contributed by atoms with Gasteiger partial charge in [0.1, 0.15) is 0 Å². The molecule has 0 spiro atoms. The SMILES string of the molecule is Cc1cc(-n2[c-][n+](-c3[c-]c(Oc4[c-]c(-c5[c-]c(Oc6[c-]c(-[n+]7[c-]n(-c8cc(C)nc(C)c8)c8ccccc87)ccc6)ccn5)ncc4)ccc3)c3ccccc32)cc(C)n1.[Pt].[Pt]. The summed E-state index contributed by atoms with van der Waals surface area (Å²) in [7, 11) is 0. The molecule has 0 aliphatic heterocycles. The van der Waals surface area contributed by atoms with Gasteiger partial charge in [0.2, 0.25) is 0 Å². The number of imidazole rings is 2. The Balaban J connectivity index is 0.00000264. The number of para-hydroxylation sites is 4. The molecule has 62 heavy (non-hydrogen) atoms. The monoisotopic (exact) mass is 1170 g/mol. The Kier molecular flexibility index (Phi) is 12.1. The molecule has 4 aromatic carbocycles. The third-order valence-corrected chi connectivity index (χ3v) is 9.77. The molecule has 0 bridgehead atoms. The van der Waals surface area contributed by atoms with Crippen LogP contribution in [0, 0.1) is 64.6 Å². The summed E-state index contributed by atoms with van der Waals surface area (Å²) < 4.78 is 20.7. The van der Waals surface area contributed by atoms with Crippen LogP contribution in [0.4, 0.5) is 0 Å². The summed E-state index contributed by atoms with van der Waals surface area (Å²) in [5.74, 6) is 1.89. The fourth-order valence-corrected chi connectivity index (χ4v) is 7.33. The van der Waals surface area contributed by atoms with Crippen molar-refractivity contribution in [3.8, 4) is 57.1 Å². The van der Waals surface area contributed by atoms with E-state index in [0.29, 0.717) is 34.4 Å². The molecule has 10 nitrogen and oxygen atoms in total. The van der Waals surface area contributed by atoms with E-state index in [0.717, 1.165) is 67.6 Å². The van der Waals surface area contributed by atoms with Crippen molar-refractivity contribution >= 4 is 22.1 Å². The van der Waals surface area contributed by atoms with Crippen LogP contribution in [0.1, 0.15) is 22.8 Å². The zero-order valence-corrected chi connectivity index (χ0v) is 38.3. The van der Waals surface area contributed by atoms with E-state index in [9.17, 15) is 0 Å². The summed E-state index contributed by atoms with van der Waals surface area (Å²) in [6.45, 7) is 7.98. The number of rotatable bonds is 9. The van der Waals surface area contributed by atoms with Crippen molar-refractivity contribution in [2.75, 3.05) is 0 Å². The quantitative estimate of drug-likeness (QED) is 0.106. The van der Waals surface area contributed by atoms with Gasteiger partial charge in [-0.2, -0.15) is 36.4 Å². The number of ether oxygens (including phenoxy) is 2. The zero-order valence-electron chi connectivity index (χ0n) is 33.7. The van der Waals surface area contributed by atoms with Crippen LogP contribution in [0.2, 0.25) is 0 Å². The molecule has 6 aromatic heterocycles. The van der Waals surface area contributed by atoms with Gasteiger partial charge in [0.25, 0.3) is 12.7 Å². The van der Waals surface area contributed by atoms with E-state index >= 15 is 0 Å². The van der Waals surface area contributed by atoms with Crippen LogP contribution < -0.4 is 18.6 Å². The average Bonchev–Trinajstić information content (AvgIpc) is 3.84. The summed E-state index contributed by atoms with van der Waals surface area (Å²) in [5.41, 5.74) is 12.1. The molecular weight excluding hydrogens is 1130 g/mol. The summed E-state index contributed by atoms with van der Waals surface area (Å²) in [6, 6.07) is 52.9. The molecule has 12 heteroatoms. The largest absolute Gasteiger partial charge is 0.511 e. The topological polar surface area (TPSA) is 87.6 Å². The molecule has 310 valence electrons. The van der Waals surface area contributed by atoms with Crippen molar-refractivity contribution in [3.63, 3.8) is 0 Å². The fourth-order valence-electron chi connectivity index (χ4n) is 7.33. The second-order valence-corrected chi connectivity index (χ2v) is 14.3. The third-order valence-electron chi connectivity index (χ3n) is 9.77. The van der Waals surface area contributed by atoms with E-state index in [1.807, 2.05) is 107 Å². The van der Waals surface area contributed by atoms with Crippen molar-refractivity contribution in [2.24, 2.45) is 0 Å². The van der Waals surface area contributed by atoms with Gasteiger partial charge >= 0.3 is 0 Å². The Morgan fingerprint density at radius 3 is 1.26 bits per heavy atom. The number of hydrogen-bond acceptors (Lipinski definition) is 6. The Morgan fingerprint density at radius 2 is 0.839 bits per heavy atom. The maximum absolute atomic E-state index is 6.31. The smallest absolute Gasteiger partial charge is 0.268 e. The molecule has 0 aliphatic rings. The standard InChI is InChI=1S/C50H34N8O2.2Pt/c1-33-23-39(24-34(2)53-33)57-31-55(47-15-5-7-17-49(47)57)37-11-9-13-41(27-37)59-43-19-21-51-45(29-43)46-30-44(20-22-52-46)60-42-14-10-12-38(28-42)56-32-58(50-18-8-6-16-48(50)56)40-25-35(3)54-36(4)26-40;;/h5-26H,1-4H3;;/q-4;;. The minimum Gasteiger partial charge on any atom is -0.511 e. The van der Waals surface area contributed by atoms with Crippen LogP contribution in [0.25, 0.3) is 56.2 Å². The van der Waals surface area contributed by atoms with E-state index in [2.05, 4.69) is 105 Å². The summed E-state index contributed by atoms with van der Waals surface area (Å²) in [5, 5.41) is 0. The van der Waals surface area contributed by atoms with E-state index in [1.54, 1.807) is 24.5 Å². The van der Waals surface area contributed by atoms with Gasteiger partial charge in [-0.05, 0) is 75.7 Å². The molecule has 10 rings (SSSR count). The Bertz CT molecular complexity index is 3000. The van der Waals surface area contributed by atoms with Gasteiger partial charge in [-0.25, -0.2) is 0 Å². The predicted molar refractivity (Wildman–Crippen MR) is 225 cm³/mol. The van der Waals surface area contributed by atoms with Gasteiger partial charge < -0.3 is 28.6 Å². The number of hydrogen-bond donors (Lipinski definition) is 0. The van der Waals surface area contributed by atoms with Crippen LogP contribution in [0.5, 0.6) is 23.0 Å². The normalized spacial score (nSPS) is 11.0. The van der Waals surface area contributed by atoms with E-state index in [1.165, 1.54) is 0 Å². The third kappa shape index (κ3) is 8.49. The number of aromatic nitrogens is 8. The van der Waals surface area contributed by atoms with Crippen molar-refractivity contribution < 1.29 is 60.7 Å². The van der Waals surface area contributed by atoms with Gasteiger partial charge in [0, 0.05) is 87.9 Å². The Hall–Kier alpha value is -6.60. The molecule has 0 aliphatic carbocycles. The number of benzene rings is 4. The molecule has 0 N–H and O–H groups in total. The van der Waals surface area contributed by atoms with E-state index in [4.69, 9.17) is 9.47 Å². The number of aryl methyl sites for hydroxylation is 4. The fraction of sp³-hybridized carbons (Fsp3) is 0.0800. The minimum atomic E-state index is 0. The Labute approximate surface area is 387 Å². The van der Waals surface area contributed by atoms with Gasteiger partial charge in [-0.1, -0.05) is 48.5 Å². The molecule has 0 amide bonds. The second-order valence-electron chi connectivity index (χ2n) is 14.3. The number of pyridine rings is 4. The molecular formula is C50H34N8O2Pt2-4. The summed E-state index contributed by atoms with van der Waals surface area (Å²) in [6.07, 6.45) is 10.3. The van der Waals surface area contributed by atoms with Gasteiger partial charge in [0.05, 0.1) is 33.4 Å². The maximum Gasteiger partial charge on any atom is 0.268 e. The van der Waals surface area contributed by atoms with E-state index in [-0.39, 0.29) is 42.1 Å². The van der Waals surface area contributed by atoms with Crippen molar-refractivity contribution in [3.05, 3.63) is 193 Å². The molecule has 0 unspecified atom stereocenters. The molecule has 0 radical (unpaired) electrons.